The van der Waals surface area contributed by atoms with Crippen LogP contribution in [-0.2, 0) is 0 Å². The Morgan fingerprint density at radius 1 is 1.45 bits per heavy atom. The van der Waals surface area contributed by atoms with Gasteiger partial charge in [0, 0.05) is 16.9 Å². The van der Waals surface area contributed by atoms with Gasteiger partial charge in [-0.2, -0.15) is 0 Å². The summed E-state index contributed by atoms with van der Waals surface area (Å²) in [7, 11) is 0. The van der Waals surface area contributed by atoms with Crippen molar-refractivity contribution in [3.63, 3.8) is 0 Å². The van der Waals surface area contributed by atoms with Gasteiger partial charge in [0.2, 0.25) is 0 Å². The van der Waals surface area contributed by atoms with Crippen molar-refractivity contribution in [2.45, 2.75) is 6.92 Å². The highest BCUT2D eigenvalue weighted by atomic mass is 79.9. The second-order valence-corrected chi connectivity index (χ2v) is 3.52. The molecule has 0 spiro atoms. The summed E-state index contributed by atoms with van der Waals surface area (Å²) in [5.41, 5.74) is 2.52. The lowest BCUT2D eigenvalue weighted by atomic mass is 10.3. The highest BCUT2D eigenvalue weighted by Gasteiger charge is 1.97. The number of hydrogen-bond acceptors (Lipinski definition) is 0. The van der Waals surface area contributed by atoms with Crippen LogP contribution in [0.1, 0.15) is 5.56 Å². The zero-order valence-electron chi connectivity index (χ0n) is 6.21. The highest BCUT2D eigenvalue weighted by molar-refractivity contribution is 9.10. The molecule has 0 saturated carbocycles. The van der Waals surface area contributed by atoms with Crippen molar-refractivity contribution in [2.24, 2.45) is 0 Å². The van der Waals surface area contributed by atoms with E-state index >= 15 is 0 Å². The SMILES string of the molecule is Cc1cc2c(Br)cccn2c1. The molecule has 0 saturated heterocycles. The number of nitrogens with zero attached hydrogens (tertiary/aromatic N) is 1. The van der Waals surface area contributed by atoms with E-state index in [2.05, 4.69) is 45.6 Å². The van der Waals surface area contributed by atoms with Crippen molar-refractivity contribution in [3.05, 3.63) is 40.6 Å². The predicted octanol–water partition coefficient (Wildman–Crippen LogP) is 3.01. The van der Waals surface area contributed by atoms with E-state index in [1.165, 1.54) is 11.1 Å². The molecule has 2 aromatic rings. The van der Waals surface area contributed by atoms with Crippen molar-refractivity contribution in [1.82, 2.24) is 4.40 Å². The Kier molecular flexibility index (Phi) is 1.50. The molecule has 0 radical (unpaired) electrons. The molecule has 0 bridgehead atoms. The molecule has 2 rings (SSSR count). The van der Waals surface area contributed by atoms with Crippen LogP contribution in [0.25, 0.3) is 5.52 Å². The molecule has 56 valence electrons. The topological polar surface area (TPSA) is 4.41 Å². The molecule has 0 atom stereocenters. The smallest absolute Gasteiger partial charge is 0.0594 e. The molecule has 0 unspecified atom stereocenters. The normalized spacial score (nSPS) is 10.7. The number of halogens is 1. The molecule has 1 nitrogen and oxygen atoms in total. The molecular formula is C9H8BrN. The van der Waals surface area contributed by atoms with Crippen LogP contribution >= 0.6 is 15.9 Å². The fraction of sp³-hybridized carbons (Fsp3) is 0.111. The Morgan fingerprint density at radius 2 is 2.27 bits per heavy atom. The van der Waals surface area contributed by atoms with E-state index in [4.69, 9.17) is 0 Å². The van der Waals surface area contributed by atoms with Gasteiger partial charge in [0.25, 0.3) is 0 Å². The molecule has 0 fully saturated rings. The minimum atomic E-state index is 1.15. The fourth-order valence-electron chi connectivity index (χ4n) is 1.24. The van der Waals surface area contributed by atoms with Crippen molar-refractivity contribution in [3.8, 4) is 0 Å². The van der Waals surface area contributed by atoms with E-state index in [9.17, 15) is 0 Å². The van der Waals surface area contributed by atoms with Gasteiger partial charge in [-0.25, -0.2) is 0 Å². The zero-order valence-corrected chi connectivity index (χ0v) is 7.80. The Bertz CT molecular complexity index is 389. The van der Waals surface area contributed by atoms with Crippen LogP contribution in [0.4, 0.5) is 0 Å². The second-order valence-electron chi connectivity index (χ2n) is 2.67. The first-order valence-corrected chi connectivity index (χ1v) is 4.29. The van der Waals surface area contributed by atoms with Gasteiger partial charge in [-0.3, -0.25) is 0 Å². The van der Waals surface area contributed by atoms with Crippen LogP contribution in [0.3, 0.4) is 0 Å². The standard InChI is InChI=1S/C9H8BrN/c1-7-5-9-8(10)3-2-4-11(9)6-7/h2-6H,1H3. The molecule has 0 aliphatic carbocycles. The van der Waals surface area contributed by atoms with Gasteiger partial charge < -0.3 is 4.40 Å². The van der Waals surface area contributed by atoms with Gasteiger partial charge in [0.1, 0.15) is 0 Å². The molecule has 2 aromatic heterocycles. The van der Waals surface area contributed by atoms with Crippen LogP contribution in [-0.4, -0.2) is 4.40 Å². The fourth-order valence-corrected chi connectivity index (χ4v) is 1.71. The molecule has 2 heterocycles. The lowest BCUT2D eigenvalue weighted by Crippen LogP contribution is -1.79. The van der Waals surface area contributed by atoms with E-state index < -0.39 is 0 Å². The quantitative estimate of drug-likeness (QED) is 0.629. The van der Waals surface area contributed by atoms with E-state index in [0.29, 0.717) is 0 Å². The van der Waals surface area contributed by atoms with E-state index in [1.807, 2.05) is 12.3 Å². The monoisotopic (exact) mass is 209 g/mol. The maximum Gasteiger partial charge on any atom is 0.0594 e. The summed E-state index contributed by atoms with van der Waals surface area (Å²) >= 11 is 3.49. The lowest BCUT2D eigenvalue weighted by molar-refractivity contribution is 1.18. The highest BCUT2D eigenvalue weighted by Crippen LogP contribution is 2.19. The van der Waals surface area contributed by atoms with Crippen LogP contribution in [0, 0.1) is 6.92 Å². The third kappa shape index (κ3) is 1.07. The lowest BCUT2D eigenvalue weighted by Gasteiger charge is -1.94. The van der Waals surface area contributed by atoms with Gasteiger partial charge in [-0.05, 0) is 46.6 Å². The molecule has 11 heavy (non-hydrogen) atoms. The largest absolute Gasteiger partial charge is 0.322 e. The second kappa shape index (κ2) is 2.38. The van der Waals surface area contributed by atoms with Crippen molar-refractivity contribution in [1.29, 1.82) is 0 Å². The number of pyridine rings is 1. The van der Waals surface area contributed by atoms with Crippen LogP contribution < -0.4 is 0 Å². The zero-order chi connectivity index (χ0) is 7.84. The summed E-state index contributed by atoms with van der Waals surface area (Å²) in [5.74, 6) is 0. The molecule has 0 amide bonds. The molecule has 0 aliphatic heterocycles. The average Bonchev–Trinajstić information content (AvgIpc) is 2.31. The van der Waals surface area contributed by atoms with E-state index in [1.54, 1.807) is 0 Å². The first-order chi connectivity index (χ1) is 5.27. The first kappa shape index (κ1) is 6.92. The summed E-state index contributed by atoms with van der Waals surface area (Å²) in [6.07, 6.45) is 4.16. The Hall–Kier alpha value is -0.760. The van der Waals surface area contributed by atoms with Crippen molar-refractivity contribution in [2.75, 3.05) is 0 Å². The summed E-state index contributed by atoms with van der Waals surface area (Å²) in [4.78, 5) is 0. The first-order valence-electron chi connectivity index (χ1n) is 3.50. The van der Waals surface area contributed by atoms with Crippen molar-refractivity contribution < 1.29 is 0 Å². The number of rotatable bonds is 0. The minimum Gasteiger partial charge on any atom is -0.322 e. The number of aromatic nitrogens is 1. The average molecular weight is 210 g/mol. The summed E-state index contributed by atoms with van der Waals surface area (Å²) < 4.78 is 3.26. The Balaban J connectivity index is 2.90. The van der Waals surface area contributed by atoms with Crippen LogP contribution in [0.15, 0.2) is 35.1 Å². The Labute approximate surface area is 73.8 Å². The molecule has 0 N–H and O–H groups in total. The Morgan fingerprint density at radius 3 is 3.00 bits per heavy atom. The minimum absolute atomic E-state index is 1.15. The molecule has 2 heteroatoms. The molecular weight excluding hydrogens is 202 g/mol. The summed E-state index contributed by atoms with van der Waals surface area (Å²) in [6.45, 7) is 2.10. The molecule has 0 aliphatic rings. The van der Waals surface area contributed by atoms with Gasteiger partial charge in [0.05, 0.1) is 5.52 Å². The maximum absolute atomic E-state index is 3.49. The maximum atomic E-state index is 3.49. The van der Waals surface area contributed by atoms with Gasteiger partial charge in [-0.15, -0.1) is 0 Å². The number of hydrogen-bond donors (Lipinski definition) is 0. The van der Waals surface area contributed by atoms with Gasteiger partial charge in [-0.1, -0.05) is 0 Å². The third-order valence-corrected chi connectivity index (χ3v) is 2.39. The van der Waals surface area contributed by atoms with Crippen LogP contribution in [0.2, 0.25) is 0 Å². The number of aryl methyl sites for hydroxylation is 1. The van der Waals surface area contributed by atoms with Gasteiger partial charge >= 0.3 is 0 Å². The number of fused-ring (bicyclic) bond motifs is 1. The van der Waals surface area contributed by atoms with Gasteiger partial charge in [0.15, 0.2) is 0 Å². The summed E-state index contributed by atoms with van der Waals surface area (Å²) in [6, 6.07) is 6.23. The predicted molar refractivity (Wildman–Crippen MR) is 49.8 cm³/mol. The van der Waals surface area contributed by atoms with Crippen molar-refractivity contribution >= 4 is 21.4 Å². The van der Waals surface area contributed by atoms with E-state index in [-0.39, 0.29) is 0 Å². The third-order valence-electron chi connectivity index (χ3n) is 1.72. The summed E-state index contributed by atoms with van der Waals surface area (Å²) in [5, 5.41) is 0. The van der Waals surface area contributed by atoms with E-state index in [0.717, 1.165) is 4.47 Å². The molecule has 0 aromatic carbocycles. The van der Waals surface area contributed by atoms with Crippen LogP contribution in [0.5, 0.6) is 0 Å².